The van der Waals surface area contributed by atoms with Crippen LogP contribution in [0.2, 0.25) is 0 Å². The number of imidazole rings is 1. The van der Waals surface area contributed by atoms with E-state index in [4.69, 9.17) is 14.1 Å². The zero-order valence-corrected chi connectivity index (χ0v) is 37.0. The first-order valence-corrected chi connectivity index (χ1v) is 22.3. The molecule has 2 heterocycles. The number of para-hydroxylation sites is 1. The predicted octanol–water partition coefficient (Wildman–Crippen LogP) is 16.4. The Morgan fingerprint density at radius 1 is 0.477 bits per heavy atom. The number of pyridine rings is 1. The van der Waals surface area contributed by atoms with Gasteiger partial charge in [-0.05, 0) is 134 Å². The van der Waals surface area contributed by atoms with Crippen LogP contribution in [0.5, 0.6) is 5.75 Å². The standard InChI is InChI=1S/C61H51N3O/c1-39(2)47-35-52(40(3)4)60(65)55(36-47)61-63-59-51(49-32-48(43-21-12-7-13-22-43)33-50(34-49)56-37-46(29-30-62-56)42-19-10-6-11-20-42)27-18-28-57(59)64(61)58-38-53(44-23-14-8-15-24-44)41(5)31-54(58)45-25-16-9-17-26-45/h6-40,65H,1-5H3/i5D3. The van der Waals surface area contributed by atoms with E-state index < -0.39 is 6.85 Å². The van der Waals surface area contributed by atoms with Gasteiger partial charge >= 0.3 is 0 Å². The molecule has 0 saturated heterocycles. The van der Waals surface area contributed by atoms with Gasteiger partial charge in [-0.2, -0.15) is 0 Å². The van der Waals surface area contributed by atoms with Crippen LogP contribution in [0, 0.1) is 6.85 Å². The lowest BCUT2D eigenvalue weighted by atomic mass is 9.91. The summed E-state index contributed by atoms with van der Waals surface area (Å²) in [4.78, 5) is 10.6. The largest absolute Gasteiger partial charge is 0.507 e. The average molecular weight is 845 g/mol. The molecule has 0 aliphatic carbocycles. The van der Waals surface area contributed by atoms with Crippen molar-refractivity contribution in [1.29, 1.82) is 0 Å². The molecule has 1 N–H and O–H groups in total. The maximum absolute atomic E-state index is 12.5. The predicted molar refractivity (Wildman–Crippen MR) is 271 cm³/mol. The van der Waals surface area contributed by atoms with Crippen molar-refractivity contribution in [3.63, 3.8) is 0 Å². The van der Waals surface area contributed by atoms with Crippen LogP contribution >= 0.6 is 0 Å². The highest BCUT2D eigenvalue weighted by Gasteiger charge is 2.26. The Balaban J connectivity index is 1.31. The molecule has 0 radical (unpaired) electrons. The van der Waals surface area contributed by atoms with Crippen molar-refractivity contribution < 1.29 is 9.22 Å². The number of aryl methyl sites for hydroxylation is 1. The van der Waals surface area contributed by atoms with E-state index in [2.05, 4.69) is 123 Å². The van der Waals surface area contributed by atoms with Crippen LogP contribution in [0.4, 0.5) is 0 Å². The maximum atomic E-state index is 12.5. The molecule has 316 valence electrons. The van der Waals surface area contributed by atoms with E-state index in [0.29, 0.717) is 17.0 Å². The summed E-state index contributed by atoms with van der Waals surface area (Å²) in [6.07, 6.45) is 1.87. The Labute approximate surface area is 386 Å². The van der Waals surface area contributed by atoms with Gasteiger partial charge in [-0.25, -0.2) is 4.98 Å². The molecule has 0 amide bonds. The minimum Gasteiger partial charge on any atom is -0.507 e. The van der Waals surface area contributed by atoms with Gasteiger partial charge in [0.05, 0.1) is 28.0 Å². The molecule has 10 rings (SSSR count). The first kappa shape index (κ1) is 37.7. The second-order valence-electron chi connectivity index (χ2n) is 17.4. The van der Waals surface area contributed by atoms with Crippen molar-refractivity contribution in [3.8, 4) is 89.7 Å². The minimum atomic E-state index is -2.42. The summed E-state index contributed by atoms with van der Waals surface area (Å²) in [5, 5.41) is 12.5. The first-order valence-electron chi connectivity index (χ1n) is 23.8. The summed E-state index contributed by atoms with van der Waals surface area (Å²) in [6, 6.07) is 65.4. The van der Waals surface area contributed by atoms with Gasteiger partial charge in [-0.1, -0.05) is 167 Å². The molecular weight excluding hydrogens is 791 g/mol. The number of phenols is 1. The van der Waals surface area contributed by atoms with Crippen molar-refractivity contribution in [2.24, 2.45) is 0 Å². The Hall–Kier alpha value is -7.82. The topological polar surface area (TPSA) is 50.9 Å². The zero-order valence-electron chi connectivity index (χ0n) is 40.0. The number of nitrogens with zero attached hydrogens (tertiary/aromatic N) is 3. The Kier molecular flexibility index (Phi) is 10.1. The molecule has 2 aromatic heterocycles. The van der Waals surface area contributed by atoms with Crippen molar-refractivity contribution in [3.05, 3.63) is 217 Å². The van der Waals surface area contributed by atoms with Gasteiger partial charge in [0.25, 0.3) is 0 Å². The Morgan fingerprint density at radius 3 is 1.71 bits per heavy atom. The number of aromatic hydroxyl groups is 1. The van der Waals surface area contributed by atoms with E-state index in [-0.39, 0.29) is 23.1 Å². The van der Waals surface area contributed by atoms with Crippen LogP contribution in [0.1, 0.15) is 60.3 Å². The highest BCUT2D eigenvalue weighted by molar-refractivity contribution is 5.99. The molecule has 8 aromatic carbocycles. The summed E-state index contributed by atoms with van der Waals surface area (Å²) >= 11 is 0. The summed E-state index contributed by atoms with van der Waals surface area (Å²) in [5.74, 6) is 0.904. The average Bonchev–Trinajstić information content (AvgIpc) is 3.76. The second-order valence-corrected chi connectivity index (χ2v) is 17.4. The SMILES string of the molecule is [2H]C([2H])([2H])c1cc(-c2ccccc2)c(-n2c(-c3cc(C(C)C)cc(C(C)C)c3O)nc3c(-c4cc(-c5ccccc5)cc(-c5cc(-c6ccccc6)ccn5)c4)cccc32)cc1-c1ccccc1. The van der Waals surface area contributed by atoms with Gasteiger partial charge in [-0.15, -0.1) is 0 Å². The highest BCUT2D eigenvalue weighted by atomic mass is 16.3. The van der Waals surface area contributed by atoms with Gasteiger partial charge in [0.15, 0.2) is 0 Å². The Bertz CT molecular complexity index is 3430. The van der Waals surface area contributed by atoms with Crippen LogP contribution in [0.25, 0.3) is 95.0 Å². The Morgan fingerprint density at radius 2 is 1.08 bits per heavy atom. The van der Waals surface area contributed by atoms with Gasteiger partial charge in [0, 0.05) is 27.0 Å². The minimum absolute atomic E-state index is 0.0251. The molecule has 0 aliphatic rings. The number of rotatable bonds is 10. The van der Waals surface area contributed by atoms with Crippen molar-refractivity contribution in [2.45, 2.75) is 46.4 Å². The molecule has 0 spiro atoms. The highest BCUT2D eigenvalue weighted by Crippen LogP contribution is 2.45. The molecule has 65 heavy (non-hydrogen) atoms. The van der Waals surface area contributed by atoms with E-state index in [0.717, 1.165) is 89.2 Å². The lowest BCUT2D eigenvalue weighted by Gasteiger charge is -2.21. The third kappa shape index (κ3) is 7.93. The molecule has 0 fully saturated rings. The third-order valence-corrected chi connectivity index (χ3v) is 12.4. The van der Waals surface area contributed by atoms with Crippen LogP contribution in [-0.2, 0) is 0 Å². The molecular formula is C61H51N3O. The fourth-order valence-electron chi connectivity index (χ4n) is 8.99. The lowest BCUT2D eigenvalue weighted by Crippen LogP contribution is -2.04. The molecule has 0 unspecified atom stereocenters. The molecule has 10 aromatic rings. The second kappa shape index (κ2) is 17.4. The van der Waals surface area contributed by atoms with E-state index in [9.17, 15) is 5.11 Å². The monoisotopic (exact) mass is 844 g/mol. The van der Waals surface area contributed by atoms with E-state index in [1.807, 2.05) is 109 Å². The van der Waals surface area contributed by atoms with Crippen LogP contribution in [0.15, 0.2) is 200 Å². The summed E-state index contributed by atoms with van der Waals surface area (Å²) in [7, 11) is 0. The van der Waals surface area contributed by atoms with Crippen LogP contribution in [-0.4, -0.2) is 19.6 Å². The first-order chi connectivity index (χ1) is 32.9. The molecule has 4 nitrogen and oxygen atoms in total. The fraction of sp³-hybridized carbons (Fsp3) is 0.115. The number of phenolic OH excluding ortho intramolecular Hbond substituents is 1. The summed E-state index contributed by atoms with van der Waals surface area (Å²) in [5.41, 5.74) is 15.9. The van der Waals surface area contributed by atoms with E-state index >= 15 is 0 Å². The molecule has 0 atom stereocenters. The van der Waals surface area contributed by atoms with Crippen molar-refractivity contribution in [1.82, 2.24) is 14.5 Å². The van der Waals surface area contributed by atoms with Crippen molar-refractivity contribution >= 4 is 11.0 Å². The molecule has 0 saturated carbocycles. The third-order valence-electron chi connectivity index (χ3n) is 12.4. The maximum Gasteiger partial charge on any atom is 0.149 e. The van der Waals surface area contributed by atoms with Gasteiger partial charge in [0.1, 0.15) is 11.6 Å². The number of benzene rings is 8. The van der Waals surface area contributed by atoms with Crippen molar-refractivity contribution in [2.75, 3.05) is 0 Å². The summed E-state index contributed by atoms with van der Waals surface area (Å²) in [6.45, 7) is 6.09. The van der Waals surface area contributed by atoms with E-state index in [1.54, 1.807) is 0 Å². The van der Waals surface area contributed by atoms with Crippen LogP contribution in [0.3, 0.4) is 0 Å². The van der Waals surface area contributed by atoms with Crippen LogP contribution < -0.4 is 0 Å². The lowest BCUT2D eigenvalue weighted by molar-refractivity contribution is 0.466. The molecule has 0 aliphatic heterocycles. The number of hydrogen-bond donors (Lipinski definition) is 1. The number of fused-ring (bicyclic) bond motifs is 1. The van der Waals surface area contributed by atoms with Gasteiger partial charge < -0.3 is 5.11 Å². The number of aromatic nitrogens is 3. The normalized spacial score (nSPS) is 12.4. The quantitative estimate of drug-likeness (QED) is 0.149. The van der Waals surface area contributed by atoms with E-state index in [1.165, 1.54) is 0 Å². The number of hydrogen-bond acceptors (Lipinski definition) is 3. The fourth-order valence-corrected chi connectivity index (χ4v) is 8.99. The smallest absolute Gasteiger partial charge is 0.149 e. The zero-order chi connectivity index (χ0) is 47.1. The summed E-state index contributed by atoms with van der Waals surface area (Å²) < 4.78 is 28.7. The molecule has 0 bridgehead atoms. The van der Waals surface area contributed by atoms with Gasteiger partial charge in [-0.3, -0.25) is 9.55 Å². The molecule has 4 heteroatoms. The van der Waals surface area contributed by atoms with Gasteiger partial charge in [0.2, 0.25) is 0 Å².